The second kappa shape index (κ2) is 3.95. The lowest BCUT2D eigenvalue weighted by atomic mass is 10.3. The molecule has 0 spiro atoms. The second-order valence-electron chi connectivity index (χ2n) is 1.61. The molecule has 1 rings (SSSR count). The predicted octanol–water partition coefficient (Wildman–Crippen LogP) is 0.961. The molecule has 0 bridgehead atoms. The molecule has 0 saturated heterocycles. The summed E-state index contributed by atoms with van der Waals surface area (Å²) in [6.45, 7) is 0. The summed E-state index contributed by atoms with van der Waals surface area (Å²) in [6.07, 6.45) is 5.32. The van der Waals surface area contributed by atoms with Crippen LogP contribution in [0.15, 0.2) is 24.5 Å². The molecule has 10 heavy (non-hydrogen) atoms. The second-order valence-corrected chi connectivity index (χ2v) is 1.61. The van der Waals surface area contributed by atoms with Gasteiger partial charge >= 0.3 is 5.97 Å². The molecule has 0 aromatic rings. The molecule has 0 radical (unpaired) electrons. The Hall–Kier alpha value is -0.960. The van der Waals surface area contributed by atoms with Crippen molar-refractivity contribution in [1.29, 1.82) is 0 Å². The lowest BCUT2D eigenvalue weighted by Gasteiger charge is -2.08. The number of carboxylic acids is 1. The third-order valence-corrected chi connectivity index (χ3v) is 0.944. The standard InChI is InChI=1S/C6H6O3.ClH/c7-6(8)5-3-1-2-4-9-5;/h1-5H,(H,7,8);1H. The molecule has 0 saturated carbocycles. The SMILES string of the molecule is Cl.O=C(O)C1C=CC=CO1. The average Bonchev–Trinajstić information content (AvgIpc) is 1.90. The van der Waals surface area contributed by atoms with Crippen LogP contribution in [-0.2, 0) is 9.53 Å². The zero-order chi connectivity index (χ0) is 6.69. The summed E-state index contributed by atoms with van der Waals surface area (Å²) >= 11 is 0. The number of rotatable bonds is 1. The minimum absolute atomic E-state index is 0. The van der Waals surface area contributed by atoms with Crippen molar-refractivity contribution >= 4 is 18.4 Å². The van der Waals surface area contributed by atoms with Gasteiger partial charge in [0.05, 0.1) is 6.26 Å². The van der Waals surface area contributed by atoms with Crippen LogP contribution in [0.3, 0.4) is 0 Å². The van der Waals surface area contributed by atoms with Gasteiger partial charge in [-0.3, -0.25) is 0 Å². The number of carboxylic acid groups (broad SMARTS) is 1. The highest BCUT2D eigenvalue weighted by molar-refractivity contribution is 5.85. The van der Waals surface area contributed by atoms with Crippen LogP contribution < -0.4 is 0 Å². The first-order valence-corrected chi connectivity index (χ1v) is 2.52. The van der Waals surface area contributed by atoms with Crippen LogP contribution >= 0.6 is 12.4 Å². The fourth-order valence-corrected chi connectivity index (χ4v) is 0.526. The Labute approximate surface area is 64.4 Å². The Balaban J connectivity index is 0.000000810. The van der Waals surface area contributed by atoms with Gasteiger partial charge in [-0.15, -0.1) is 12.4 Å². The van der Waals surface area contributed by atoms with Crippen LogP contribution in [0.1, 0.15) is 0 Å². The van der Waals surface area contributed by atoms with E-state index in [9.17, 15) is 4.79 Å². The monoisotopic (exact) mass is 162 g/mol. The Bertz CT molecular complexity index is 174. The van der Waals surface area contributed by atoms with E-state index in [0.29, 0.717) is 0 Å². The molecule has 0 amide bonds. The molecule has 4 heteroatoms. The summed E-state index contributed by atoms with van der Waals surface area (Å²) in [4.78, 5) is 10.1. The number of carbonyl (C=O) groups is 1. The number of ether oxygens (including phenoxy) is 1. The highest BCUT2D eigenvalue weighted by Crippen LogP contribution is 2.00. The number of allylic oxidation sites excluding steroid dienone is 2. The van der Waals surface area contributed by atoms with E-state index in [4.69, 9.17) is 5.11 Å². The van der Waals surface area contributed by atoms with Gasteiger partial charge < -0.3 is 9.84 Å². The van der Waals surface area contributed by atoms with Gasteiger partial charge in [0, 0.05) is 0 Å². The number of hydrogen-bond donors (Lipinski definition) is 1. The quantitative estimate of drug-likeness (QED) is 0.625. The van der Waals surface area contributed by atoms with Crippen LogP contribution in [0.5, 0.6) is 0 Å². The van der Waals surface area contributed by atoms with Crippen molar-refractivity contribution in [2.75, 3.05) is 0 Å². The maximum Gasteiger partial charge on any atom is 0.349 e. The summed E-state index contributed by atoms with van der Waals surface area (Å²) in [5.74, 6) is -0.962. The van der Waals surface area contributed by atoms with E-state index in [0.717, 1.165) is 0 Å². The maximum absolute atomic E-state index is 10.1. The number of halogens is 1. The largest absolute Gasteiger partial charge is 0.482 e. The molecule has 1 aliphatic rings. The Morgan fingerprint density at radius 1 is 1.50 bits per heavy atom. The zero-order valence-corrected chi connectivity index (χ0v) is 5.88. The van der Waals surface area contributed by atoms with Crippen molar-refractivity contribution < 1.29 is 14.6 Å². The van der Waals surface area contributed by atoms with E-state index in [2.05, 4.69) is 4.74 Å². The molecule has 1 atom stereocenters. The minimum atomic E-state index is -0.962. The van der Waals surface area contributed by atoms with Crippen LogP contribution in [-0.4, -0.2) is 17.2 Å². The van der Waals surface area contributed by atoms with Crippen molar-refractivity contribution in [3.05, 3.63) is 24.5 Å². The van der Waals surface area contributed by atoms with E-state index in [1.54, 1.807) is 12.2 Å². The van der Waals surface area contributed by atoms with Gasteiger partial charge in [-0.05, 0) is 12.2 Å². The highest BCUT2D eigenvalue weighted by atomic mass is 35.5. The third kappa shape index (κ3) is 2.11. The first-order chi connectivity index (χ1) is 4.30. The molecular formula is C6H7ClO3. The lowest BCUT2D eigenvalue weighted by molar-refractivity contribution is -0.144. The van der Waals surface area contributed by atoms with Crippen LogP contribution in [0.4, 0.5) is 0 Å². The Morgan fingerprint density at radius 2 is 2.20 bits per heavy atom. The molecule has 56 valence electrons. The molecule has 0 aliphatic carbocycles. The van der Waals surface area contributed by atoms with Crippen molar-refractivity contribution in [2.24, 2.45) is 0 Å². The van der Waals surface area contributed by atoms with Crippen molar-refractivity contribution in [2.45, 2.75) is 6.10 Å². The van der Waals surface area contributed by atoms with Gasteiger partial charge in [0.1, 0.15) is 0 Å². The maximum atomic E-state index is 10.1. The minimum Gasteiger partial charge on any atom is -0.482 e. The van der Waals surface area contributed by atoms with E-state index in [1.165, 1.54) is 12.3 Å². The highest BCUT2D eigenvalue weighted by Gasteiger charge is 2.13. The van der Waals surface area contributed by atoms with Gasteiger partial charge in [-0.1, -0.05) is 6.08 Å². The average molecular weight is 163 g/mol. The van der Waals surface area contributed by atoms with Gasteiger partial charge in [0.2, 0.25) is 6.10 Å². The first-order valence-electron chi connectivity index (χ1n) is 2.52. The summed E-state index contributed by atoms with van der Waals surface area (Å²) in [7, 11) is 0. The van der Waals surface area contributed by atoms with Gasteiger partial charge in [-0.2, -0.15) is 0 Å². The molecule has 1 N–H and O–H groups in total. The van der Waals surface area contributed by atoms with Crippen LogP contribution in [0.2, 0.25) is 0 Å². The Kier molecular flexibility index (Phi) is 3.57. The molecule has 0 fully saturated rings. The summed E-state index contributed by atoms with van der Waals surface area (Å²) in [5.41, 5.74) is 0. The summed E-state index contributed by atoms with van der Waals surface area (Å²) in [5, 5.41) is 8.33. The van der Waals surface area contributed by atoms with E-state index in [-0.39, 0.29) is 12.4 Å². The van der Waals surface area contributed by atoms with Crippen molar-refractivity contribution in [3.63, 3.8) is 0 Å². The Morgan fingerprint density at radius 3 is 2.50 bits per heavy atom. The third-order valence-electron chi connectivity index (χ3n) is 0.944. The first kappa shape index (κ1) is 9.04. The van der Waals surface area contributed by atoms with Gasteiger partial charge in [0.25, 0.3) is 0 Å². The fourth-order valence-electron chi connectivity index (χ4n) is 0.526. The lowest BCUT2D eigenvalue weighted by Crippen LogP contribution is -2.19. The number of aliphatic carboxylic acids is 1. The normalized spacial score (nSPS) is 21.0. The molecule has 0 aromatic carbocycles. The molecule has 0 aromatic heterocycles. The molecular weight excluding hydrogens is 156 g/mol. The van der Waals surface area contributed by atoms with E-state index < -0.39 is 12.1 Å². The number of hydrogen-bond acceptors (Lipinski definition) is 2. The van der Waals surface area contributed by atoms with Gasteiger partial charge in [0.15, 0.2) is 0 Å². The fraction of sp³-hybridized carbons (Fsp3) is 0.167. The molecule has 1 heterocycles. The van der Waals surface area contributed by atoms with Crippen LogP contribution in [0.25, 0.3) is 0 Å². The topological polar surface area (TPSA) is 46.5 Å². The zero-order valence-electron chi connectivity index (χ0n) is 5.06. The van der Waals surface area contributed by atoms with Crippen LogP contribution in [0, 0.1) is 0 Å². The molecule has 3 nitrogen and oxygen atoms in total. The predicted molar refractivity (Wildman–Crippen MR) is 38.0 cm³/mol. The van der Waals surface area contributed by atoms with E-state index >= 15 is 0 Å². The molecule has 1 aliphatic heterocycles. The summed E-state index contributed by atoms with van der Waals surface area (Å²) in [6, 6.07) is 0. The summed E-state index contributed by atoms with van der Waals surface area (Å²) < 4.78 is 4.67. The molecule has 1 unspecified atom stereocenters. The van der Waals surface area contributed by atoms with Crippen molar-refractivity contribution in [1.82, 2.24) is 0 Å². The van der Waals surface area contributed by atoms with Gasteiger partial charge in [-0.25, -0.2) is 4.79 Å². The smallest absolute Gasteiger partial charge is 0.349 e. The van der Waals surface area contributed by atoms with E-state index in [1.807, 2.05) is 0 Å². The van der Waals surface area contributed by atoms with Crippen molar-refractivity contribution in [3.8, 4) is 0 Å².